The summed E-state index contributed by atoms with van der Waals surface area (Å²) < 4.78 is 11.1. The van der Waals surface area contributed by atoms with Crippen molar-refractivity contribution >= 4 is 21.8 Å². The van der Waals surface area contributed by atoms with Crippen molar-refractivity contribution < 1.29 is 14.3 Å². The van der Waals surface area contributed by atoms with Gasteiger partial charge in [0.1, 0.15) is 0 Å². The molecular formula is C16H18BrN3O3. The number of halogens is 1. The van der Waals surface area contributed by atoms with Crippen LogP contribution in [0.3, 0.4) is 0 Å². The van der Waals surface area contributed by atoms with Crippen LogP contribution in [-0.2, 0) is 0 Å². The number of methoxy groups -OCH3 is 2. The molecule has 0 fully saturated rings. The molecule has 1 atom stereocenters. The number of carbonyl (C=O) groups is 1. The van der Waals surface area contributed by atoms with Crippen molar-refractivity contribution in [2.75, 3.05) is 14.2 Å². The Labute approximate surface area is 143 Å². The van der Waals surface area contributed by atoms with Crippen LogP contribution in [0.1, 0.15) is 35.6 Å². The number of nitrogens with zero attached hydrogens (tertiary/aromatic N) is 2. The molecule has 6 nitrogen and oxygen atoms in total. The molecule has 7 heteroatoms. The van der Waals surface area contributed by atoms with Crippen LogP contribution in [0.5, 0.6) is 11.8 Å². The van der Waals surface area contributed by atoms with Crippen LogP contribution in [0.4, 0.5) is 0 Å². The summed E-state index contributed by atoms with van der Waals surface area (Å²) in [7, 11) is 2.94. The molecular weight excluding hydrogens is 362 g/mol. The van der Waals surface area contributed by atoms with E-state index in [4.69, 9.17) is 9.47 Å². The molecule has 1 N–H and O–H groups in total. The summed E-state index contributed by atoms with van der Waals surface area (Å²) >= 11 is 3.40. The van der Waals surface area contributed by atoms with Gasteiger partial charge < -0.3 is 14.8 Å². The number of ether oxygens (including phenoxy) is 2. The predicted molar refractivity (Wildman–Crippen MR) is 89.8 cm³/mol. The second kappa shape index (κ2) is 7.92. The van der Waals surface area contributed by atoms with E-state index in [0.29, 0.717) is 0 Å². The van der Waals surface area contributed by atoms with Crippen LogP contribution in [0.15, 0.2) is 34.8 Å². The second-order valence-corrected chi connectivity index (χ2v) is 5.68. The number of aromatic nitrogens is 2. The molecule has 1 amide bonds. The molecule has 0 aliphatic rings. The average molecular weight is 380 g/mol. The number of nitrogens with one attached hydrogen (secondary N) is 1. The van der Waals surface area contributed by atoms with E-state index >= 15 is 0 Å². The highest BCUT2D eigenvalue weighted by Gasteiger charge is 2.18. The van der Waals surface area contributed by atoms with E-state index < -0.39 is 0 Å². The number of carbonyl (C=O) groups excluding carboxylic acids is 1. The molecule has 1 aromatic heterocycles. The lowest BCUT2D eigenvalue weighted by Crippen LogP contribution is -2.29. The summed E-state index contributed by atoms with van der Waals surface area (Å²) in [6.45, 7) is 2.00. The van der Waals surface area contributed by atoms with Gasteiger partial charge in [0.2, 0.25) is 17.6 Å². The molecule has 2 aromatic rings. The number of hydrogen-bond acceptors (Lipinski definition) is 5. The smallest absolute Gasteiger partial charge is 0.289 e. The monoisotopic (exact) mass is 379 g/mol. The Kier molecular flexibility index (Phi) is 5.92. The zero-order chi connectivity index (χ0) is 16.8. The molecule has 0 radical (unpaired) electrons. The van der Waals surface area contributed by atoms with Gasteiger partial charge >= 0.3 is 0 Å². The molecule has 23 heavy (non-hydrogen) atoms. The van der Waals surface area contributed by atoms with Crippen LogP contribution in [0.25, 0.3) is 0 Å². The second-order valence-electron chi connectivity index (χ2n) is 4.76. The molecule has 0 aliphatic carbocycles. The van der Waals surface area contributed by atoms with Crippen LogP contribution in [-0.4, -0.2) is 30.1 Å². The minimum absolute atomic E-state index is 0.0109. The molecule has 0 aliphatic heterocycles. The Bertz CT molecular complexity index is 655. The molecule has 122 valence electrons. The molecule has 0 saturated heterocycles. The summed E-state index contributed by atoms with van der Waals surface area (Å²) in [4.78, 5) is 20.6. The first-order valence-corrected chi connectivity index (χ1v) is 7.90. The third-order valence-electron chi connectivity index (χ3n) is 3.29. The van der Waals surface area contributed by atoms with Gasteiger partial charge in [0.05, 0.1) is 26.3 Å². The SMILES string of the molecule is CCC(NC(=O)c1nc(OC)cc(OC)n1)c1ccc(Br)cc1. The van der Waals surface area contributed by atoms with Gasteiger partial charge in [0, 0.05) is 4.47 Å². The summed E-state index contributed by atoms with van der Waals surface area (Å²) in [5.74, 6) is 0.186. The summed E-state index contributed by atoms with van der Waals surface area (Å²) in [6.07, 6.45) is 0.745. The van der Waals surface area contributed by atoms with Crippen molar-refractivity contribution in [3.8, 4) is 11.8 Å². The summed E-state index contributed by atoms with van der Waals surface area (Å²) in [5.41, 5.74) is 1.01. The number of amides is 1. The highest BCUT2D eigenvalue weighted by molar-refractivity contribution is 9.10. The lowest BCUT2D eigenvalue weighted by atomic mass is 10.0. The van der Waals surface area contributed by atoms with Crippen molar-refractivity contribution in [2.24, 2.45) is 0 Å². The van der Waals surface area contributed by atoms with Crippen LogP contribution in [0, 0.1) is 0 Å². The highest BCUT2D eigenvalue weighted by Crippen LogP contribution is 2.20. The fourth-order valence-corrected chi connectivity index (χ4v) is 2.32. The van der Waals surface area contributed by atoms with Gasteiger partial charge in [-0.2, -0.15) is 9.97 Å². The fraction of sp³-hybridized carbons (Fsp3) is 0.312. The minimum atomic E-state index is -0.378. The maximum Gasteiger partial charge on any atom is 0.289 e. The minimum Gasteiger partial charge on any atom is -0.481 e. The van der Waals surface area contributed by atoms with E-state index in [1.54, 1.807) is 0 Å². The number of rotatable bonds is 6. The molecule has 0 saturated carbocycles. The van der Waals surface area contributed by atoms with E-state index in [0.717, 1.165) is 16.5 Å². The zero-order valence-electron chi connectivity index (χ0n) is 13.2. The van der Waals surface area contributed by atoms with Crippen LogP contribution in [0.2, 0.25) is 0 Å². The maximum absolute atomic E-state index is 12.4. The van der Waals surface area contributed by atoms with Crippen LogP contribution < -0.4 is 14.8 Å². The van der Waals surface area contributed by atoms with Gasteiger partial charge in [-0.15, -0.1) is 0 Å². The topological polar surface area (TPSA) is 73.3 Å². The molecule has 0 spiro atoms. The zero-order valence-corrected chi connectivity index (χ0v) is 14.8. The van der Waals surface area contributed by atoms with Gasteiger partial charge in [-0.1, -0.05) is 35.0 Å². The Balaban J connectivity index is 2.21. The van der Waals surface area contributed by atoms with E-state index in [-0.39, 0.29) is 29.5 Å². The predicted octanol–water partition coefficient (Wildman–Crippen LogP) is 3.14. The molecule has 1 heterocycles. The van der Waals surface area contributed by atoms with E-state index in [1.807, 2.05) is 31.2 Å². The Morgan fingerprint density at radius 3 is 2.22 bits per heavy atom. The van der Waals surface area contributed by atoms with Crippen molar-refractivity contribution in [1.29, 1.82) is 0 Å². The van der Waals surface area contributed by atoms with Crippen LogP contribution >= 0.6 is 15.9 Å². The first kappa shape index (κ1) is 17.2. The standard InChI is InChI=1S/C16H18BrN3O3/c1-4-12(10-5-7-11(17)8-6-10)18-16(21)15-19-13(22-2)9-14(20-15)23-3/h5-9,12H,4H2,1-3H3,(H,18,21). The lowest BCUT2D eigenvalue weighted by Gasteiger charge is -2.17. The van der Waals surface area contributed by atoms with E-state index in [1.165, 1.54) is 20.3 Å². The van der Waals surface area contributed by atoms with Crippen molar-refractivity contribution in [3.05, 3.63) is 46.2 Å². The van der Waals surface area contributed by atoms with Gasteiger partial charge in [-0.3, -0.25) is 4.79 Å². The van der Waals surface area contributed by atoms with Gasteiger partial charge in [0.15, 0.2) is 0 Å². The molecule has 0 bridgehead atoms. The third kappa shape index (κ3) is 4.41. The highest BCUT2D eigenvalue weighted by atomic mass is 79.9. The van der Waals surface area contributed by atoms with Crippen molar-refractivity contribution in [1.82, 2.24) is 15.3 Å². The number of benzene rings is 1. The quantitative estimate of drug-likeness (QED) is 0.834. The molecule has 1 unspecified atom stereocenters. The van der Waals surface area contributed by atoms with Crippen molar-refractivity contribution in [2.45, 2.75) is 19.4 Å². The van der Waals surface area contributed by atoms with Crippen molar-refractivity contribution in [3.63, 3.8) is 0 Å². The largest absolute Gasteiger partial charge is 0.481 e. The Morgan fingerprint density at radius 1 is 1.17 bits per heavy atom. The first-order chi connectivity index (χ1) is 11.1. The Hall–Kier alpha value is -2.15. The first-order valence-electron chi connectivity index (χ1n) is 7.10. The normalized spacial score (nSPS) is 11.7. The Morgan fingerprint density at radius 2 is 1.74 bits per heavy atom. The summed E-state index contributed by atoms with van der Waals surface area (Å²) in [5, 5.41) is 2.93. The summed E-state index contributed by atoms with van der Waals surface area (Å²) in [6, 6.07) is 9.20. The van der Waals surface area contributed by atoms with Gasteiger partial charge in [-0.25, -0.2) is 0 Å². The molecule has 1 aromatic carbocycles. The number of hydrogen-bond donors (Lipinski definition) is 1. The lowest BCUT2D eigenvalue weighted by molar-refractivity contribution is 0.0922. The molecule has 2 rings (SSSR count). The fourth-order valence-electron chi connectivity index (χ4n) is 2.05. The van der Waals surface area contributed by atoms with Gasteiger partial charge in [-0.05, 0) is 24.1 Å². The van der Waals surface area contributed by atoms with E-state index in [2.05, 4.69) is 31.2 Å². The maximum atomic E-state index is 12.4. The average Bonchev–Trinajstić information content (AvgIpc) is 2.59. The van der Waals surface area contributed by atoms with Gasteiger partial charge in [0.25, 0.3) is 5.91 Å². The van der Waals surface area contributed by atoms with E-state index in [9.17, 15) is 4.79 Å². The third-order valence-corrected chi connectivity index (χ3v) is 3.82.